The van der Waals surface area contributed by atoms with E-state index in [0.29, 0.717) is 19.3 Å². The van der Waals surface area contributed by atoms with Gasteiger partial charge in [0.2, 0.25) is 0 Å². The molecule has 6 heteroatoms. The molecule has 0 aliphatic rings. The zero-order valence-electron chi connectivity index (χ0n) is 47.9. The lowest BCUT2D eigenvalue weighted by Gasteiger charge is -2.18. The molecule has 6 nitrogen and oxygen atoms in total. The molecule has 0 amide bonds. The van der Waals surface area contributed by atoms with E-state index in [4.69, 9.17) is 14.2 Å². The lowest BCUT2D eigenvalue weighted by atomic mass is 10.0. The number of ether oxygens (including phenoxy) is 3. The van der Waals surface area contributed by atoms with Gasteiger partial charge in [-0.25, -0.2) is 0 Å². The van der Waals surface area contributed by atoms with E-state index >= 15 is 0 Å². The Hall–Kier alpha value is -3.67. The second-order valence-corrected chi connectivity index (χ2v) is 20.2. The third-order valence-corrected chi connectivity index (χ3v) is 13.1. The van der Waals surface area contributed by atoms with Crippen molar-refractivity contribution in [3.05, 3.63) is 97.2 Å². The van der Waals surface area contributed by atoms with E-state index in [1.807, 2.05) is 0 Å². The predicted molar refractivity (Wildman–Crippen MR) is 316 cm³/mol. The van der Waals surface area contributed by atoms with Gasteiger partial charge < -0.3 is 14.2 Å². The van der Waals surface area contributed by atoms with Gasteiger partial charge in [-0.05, 0) is 96.3 Å². The van der Waals surface area contributed by atoms with Crippen LogP contribution in [0, 0.1) is 0 Å². The van der Waals surface area contributed by atoms with E-state index < -0.39 is 6.10 Å². The first kappa shape index (κ1) is 69.3. The van der Waals surface area contributed by atoms with Gasteiger partial charge in [0.1, 0.15) is 13.2 Å². The van der Waals surface area contributed by atoms with Gasteiger partial charge in [0.05, 0.1) is 0 Å². The maximum Gasteiger partial charge on any atom is 0.306 e. The molecule has 1 atom stereocenters. The van der Waals surface area contributed by atoms with Crippen molar-refractivity contribution in [3.8, 4) is 0 Å². The minimum absolute atomic E-state index is 0.0801. The third kappa shape index (κ3) is 59.1. The molecule has 0 aromatic rings. The molecule has 0 heterocycles. The molecule has 0 aliphatic heterocycles. The Balaban J connectivity index is 4.07. The highest BCUT2D eigenvalue weighted by Crippen LogP contribution is 2.16. The second-order valence-electron chi connectivity index (χ2n) is 20.2. The van der Waals surface area contributed by atoms with Crippen LogP contribution in [-0.4, -0.2) is 37.2 Å². The molecule has 0 rings (SSSR count). The number of allylic oxidation sites excluding steroid dienone is 16. The van der Waals surface area contributed by atoms with E-state index in [0.717, 1.165) is 122 Å². The molecular formula is C67H114O6. The first-order valence-electron chi connectivity index (χ1n) is 30.7. The average molecular weight is 1020 g/mol. The van der Waals surface area contributed by atoms with Gasteiger partial charge in [0.15, 0.2) is 6.10 Å². The summed E-state index contributed by atoms with van der Waals surface area (Å²) in [5.74, 6) is -0.894. The smallest absolute Gasteiger partial charge is 0.306 e. The Kier molecular flexibility index (Phi) is 57.8. The normalized spacial score (nSPS) is 12.8. The first-order chi connectivity index (χ1) is 36.0. The maximum absolute atomic E-state index is 12.8. The lowest BCUT2D eigenvalue weighted by Crippen LogP contribution is -2.30. The molecule has 0 radical (unpaired) electrons. The fourth-order valence-electron chi connectivity index (χ4n) is 8.46. The molecule has 0 N–H and O–H groups in total. The van der Waals surface area contributed by atoms with Gasteiger partial charge in [-0.1, -0.05) is 272 Å². The molecule has 0 fully saturated rings. The Morgan fingerprint density at radius 2 is 0.548 bits per heavy atom. The number of carbonyl (C=O) groups is 3. The number of hydrogen-bond acceptors (Lipinski definition) is 6. The number of rotatable bonds is 55. The van der Waals surface area contributed by atoms with Gasteiger partial charge in [-0.3, -0.25) is 14.4 Å². The Morgan fingerprint density at radius 3 is 0.877 bits per heavy atom. The molecule has 73 heavy (non-hydrogen) atoms. The summed E-state index contributed by atoms with van der Waals surface area (Å²) in [6.45, 7) is 6.45. The Bertz CT molecular complexity index is 1440. The molecule has 0 saturated carbocycles. The summed E-state index contributed by atoms with van der Waals surface area (Å²) < 4.78 is 16.8. The van der Waals surface area contributed by atoms with Gasteiger partial charge in [0, 0.05) is 19.3 Å². The second kappa shape index (κ2) is 60.9. The molecule has 0 aromatic carbocycles. The van der Waals surface area contributed by atoms with Crippen molar-refractivity contribution < 1.29 is 28.6 Å². The van der Waals surface area contributed by atoms with Crippen molar-refractivity contribution in [2.24, 2.45) is 0 Å². The molecule has 1 unspecified atom stereocenters. The maximum atomic E-state index is 12.8. The quantitative estimate of drug-likeness (QED) is 0.0261. The lowest BCUT2D eigenvalue weighted by molar-refractivity contribution is -0.167. The van der Waals surface area contributed by atoms with E-state index in [-0.39, 0.29) is 31.1 Å². The summed E-state index contributed by atoms with van der Waals surface area (Å²) in [6.07, 6.45) is 81.5. The summed E-state index contributed by atoms with van der Waals surface area (Å²) in [5, 5.41) is 0. The fourth-order valence-corrected chi connectivity index (χ4v) is 8.46. The topological polar surface area (TPSA) is 78.9 Å². The largest absolute Gasteiger partial charge is 0.462 e. The summed E-state index contributed by atoms with van der Waals surface area (Å²) in [7, 11) is 0. The van der Waals surface area contributed by atoms with Crippen LogP contribution in [0.15, 0.2) is 97.2 Å². The van der Waals surface area contributed by atoms with Gasteiger partial charge in [0.25, 0.3) is 0 Å². The SMILES string of the molecule is CC/C=C\C/C=C\C/C=C\C/C=C\C/C=C\C/C=C\CCCCCCCCCCCCCCCCC(=O)OCC(COC(=O)CCCCCCCCCC)OC(=O)CCCCCCC/C=C\C/C=C\CCCC. The molecular weight excluding hydrogens is 901 g/mol. The zero-order valence-corrected chi connectivity index (χ0v) is 47.9. The van der Waals surface area contributed by atoms with Crippen LogP contribution in [0.4, 0.5) is 0 Å². The summed E-state index contributed by atoms with van der Waals surface area (Å²) in [5.41, 5.74) is 0. The van der Waals surface area contributed by atoms with E-state index in [1.165, 1.54) is 128 Å². The van der Waals surface area contributed by atoms with Gasteiger partial charge >= 0.3 is 17.9 Å². The number of esters is 3. The number of unbranched alkanes of at least 4 members (excludes halogenated alkanes) is 28. The highest BCUT2D eigenvalue weighted by molar-refractivity contribution is 5.71. The number of hydrogen-bond donors (Lipinski definition) is 0. The van der Waals surface area contributed by atoms with Gasteiger partial charge in [-0.15, -0.1) is 0 Å². The molecule has 0 spiro atoms. The molecule has 0 aromatic heterocycles. The van der Waals surface area contributed by atoms with Crippen molar-refractivity contribution >= 4 is 17.9 Å². The predicted octanol–water partition coefficient (Wildman–Crippen LogP) is 20.9. The van der Waals surface area contributed by atoms with E-state index in [1.54, 1.807) is 0 Å². The Labute approximate surface area is 451 Å². The van der Waals surface area contributed by atoms with Crippen molar-refractivity contribution in [1.82, 2.24) is 0 Å². The van der Waals surface area contributed by atoms with Crippen LogP contribution < -0.4 is 0 Å². The summed E-state index contributed by atoms with van der Waals surface area (Å²) in [6, 6.07) is 0. The van der Waals surface area contributed by atoms with Crippen molar-refractivity contribution in [3.63, 3.8) is 0 Å². The highest BCUT2D eigenvalue weighted by Gasteiger charge is 2.19. The molecule has 0 bridgehead atoms. The Morgan fingerprint density at radius 1 is 0.288 bits per heavy atom. The van der Waals surface area contributed by atoms with Crippen LogP contribution in [0.1, 0.15) is 290 Å². The molecule has 0 saturated heterocycles. The zero-order chi connectivity index (χ0) is 52.9. The van der Waals surface area contributed by atoms with Crippen LogP contribution >= 0.6 is 0 Å². The fraction of sp³-hybridized carbons (Fsp3) is 0.716. The summed E-state index contributed by atoms with van der Waals surface area (Å²) >= 11 is 0. The summed E-state index contributed by atoms with van der Waals surface area (Å²) in [4.78, 5) is 38.0. The standard InChI is InChI=1S/C67H114O6/c1-4-7-10-13-16-19-21-23-25-26-27-28-29-30-31-32-33-34-35-36-37-38-39-40-41-42-43-45-46-48-51-54-57-60-66(69)72-63-64(62-71-65(68)59-56-53-50-18-15-12-9-6-3)73-67(70)61-58-55-52-49-47-44-24-22-20-17-14-11-8-5-2/h7,10,14,16-17,19,22-25,27-28,30-31,33-34,64H,4-6,8-9,11-13,15,18,20-21,26,29,32,35-63H2,1-3H3/b10-7-,17-14-,19-16-,24-22-,25-23-,28-27-,31-30-,34-33-. The number of carbonyl (C=O) groups excluding carboxylic acids is 3. The van der Waals surface area contributed by atoms with E-state index in [2.05, 4.69) is 118 Å². The monoisotopic (exact) mass is 1010 g/mol. The molecule has 0 aliphatic carbocycles. The van der Waals surface area contributed by atoms with Crippen LogP contribution in [0.25, 0.3) is 0 Å². The minimum Gasteiger partial charge on any atom is -0.462 e. The minimum atomic E-state index is -0.781. The highest BCUT2D eigenvalue weighted by atomic mass is 16.6. The molecule has 418 valence electrons. The van der Waals surface area contributed by atoms with Crippen LogP contribution in [0.3, 0.4) is 0 Å². The van der Waals surface area contributed by atoms with Crippen LogP contribution in [0.2, 0.25) is 0 Å². The van der Waals surface area contributed by atoms with Crippen molar-refractivity contribution in [2.45, 2.75) is 297 Å². The average Bonchev–Trinajstić information content (AvgIpc) is 3.39. The van der Waals surface area contributed by atoms with Crippen molar-refractivity contribution in [2.75, 3.05) is 13.2 Å². The first-order valence-corrected chi connectivity index (χ1v) is 30.7. The van der Waals surface area contributed by atoms with Crippen LogP contribution in [0.5, 0.6) is 0 Å². The van der Waals surface area contributed by atoms with Gasteiger partial charge in [-0.2, -0.15) is 0 Å². The third-order valence-electron chi connectivity index (χ3n) is 13.1. The van der Waals surface area contributed by atoms with Crippen LogP contribution in [-0.2, 0) is 28.6 Å². The van der Waals surface area contributed by atoms with Crippen molar-refractivity contribution in [1.29, 1.82) is 0 Å². The van der Waals surface area contributed by atoms with E-state index in [9.17, 15) is 14.4 Å².